The van der Waals surface area contributed by atoms with E-state index in [1.54, 1.807) is 17.8 Å². The van der Waals surface area contributed by atoms with Gasteiger partial charge in [0.1, 0.15) is 0 Å². The Labute approximate surface area is 114 Å². The number of benzene rings is 1. The van der Waals surface area contributed by atoms with Crippen LogP contribution in [-0.4, -0.2) is 18.1 Å². The lowest BCUT2D eigenvalue weighted by Crippen LogP contribution is -2.04. The second kappa shape index (κ2) is 6.02. The van der Waals surface area contributed by atoms with Gasteiger partial charge in [0.15, 0.2) is 4.34 Å². The smallest absolute Gasteiger partial charge is 0.338 e. The lowest BCUT2D eigenvalue weighted by atomic mass is 10.1. The molecular weight excluding hydrogens is 266 g/mol. The van der Waals surface area contributed by atoms with Crippen molar-refractivity contribution in [3.05, 3.63) is 46.5 Å². The maximum absolute atomic E-state index is 11.6. The van der Waals surface area contributed by atoms with E-state index in [0.717, 1.165) is 15.6 Å². The number of carbonyl (C=O) groups is 1. The van der Waals surface area contributed by atoms with Crippen LogP contribution in [0.15, 0.2) is 28.6 Å². The summed E-state index contributed by atoms with van der Waals surface area (Å²) < 4.78 is 5.73. The number of esters is 1. The third-order valence-corrected chi connectivity index (χ3v) is 4.38. The zero-order chi connectivity index (χ0) is 13.0. The molecule has 0 saturated carbocycles. The van der Waals surface area contributed by atoms with Gasteiger partial charge in [0.25, 0.3) is 0 Å². The number of aromatic nitrogens is 1. The van der Waals surface area contributed by atoms with Gasteiger partial charge in [-0.05, 0) is 18.6 Å². The molecule has 0 unspecified atom stereocenters. The number of methoxy groups -OCH3 is 1. The Balaban J connectivity index is 2.11. The summed E-state index contributed by atoms with van der Waals surface area (Å²) in [7, 11) is 1.39. The lowest BCUT2D eigenvalue weighted by Gasteiger charge is -2.06. The van der Waals surface area contributed by atoms with Gasteiger partial charge in [-0.25, -0.2) is 9.78 Å². The molecule has 0 aliphatic rings. The zero-order valence-electron chi connectivity index (χ0n) is 10.1. The van der Waals surface area contributed by atoms with Crippen LogP contribution in [0.4, 0.5) is 0 Å². The van der Waals surface area contributed by atoms with E-state index in [1.165, 1.54) is 18.4 Å². The Bertz CT molecular complexity index is 551. The molecule has 1 radical (unpaired) electrons. The molecule has 93 valence electrons. The van der Waals surface area contributed by atoms with Crippen molar-refractivity contribution in [3.63, 3.8) is 0 Å². The molecular formula is C13H12NO2S2. The monoisotopic (exact) mass is 278 g/mol. The highest BCUT2D eigenvalue weighted by Gasteiger charge is 2.11. The highest BCUT2D eigenvalue weighted by atomic mass is 32.2. The van der Waals surface area contributed by atoms with E-state index in [-0.39, 0.29) is 5.97 Å². The molecule has 1 aromatic carbocycles. The Morgan fingerprint density at radius 2 is 2.28 bits per heavy atom. The first kappa shape index (κ1) is 13.1. The minimum Gasteiger partial charge on any atom is -0.465 e. The molecule has 0 atom stereocenters. The van der Waals surface area contributed by atoms with Gasteiger partial charge in [0, 0.05) is 5.75 Å². The van der Waals surface area contributed by atoms with Gasteiger partial charge in [-0.1, -0.05) is 30.0 Å². The van der Waals surface area contributed by atoms with E-state index in [2.05, 4.69) is 10.4 Å². The second-order valence-corrected chi connectivity index (χ2v) is 5.62. The minimum absolute atomic E-state index is 0.298. The molecule has 1 heterocycles. The molecule has 3 nitrogen and oxygen atoms in total. The number of hydrogen-bond donors (Lipinski definition) is 0. The molecule has 0 aliphatic heterocycles. The Hall–Kier alpha value is -1.33. The fourth-order valence-electron chi connectivity index (χ4n) is 1.46. The first-order valence-corrected chi connectivity index (χ1v) is 7.15. The Morgan fingerprint density at radius 3 is 2.94 bits per heavy atom. The van der Waals surface area contributed by atoms with E-state index in [9.17, 15) is 4.79 Å². The maximum atomic E-state index is 11.6. The molecule has 5 heteroatoms. The van der Waals surface area contributed by atoms with E-state index >= 15 is 0 Å². The van der Waals surface area contributed by atoms with Crippen LogP contribution in [0.3, 0.4) is 0 Å². The zero-order valence-corrected chi connectivity index (χ0v) is 11.7. The molecule has 0 spiro atoms. The normalized spacial score (nSPS) is 10.3. The predicted molar refractivity (Wildman–Crippen MR) is 73.0 cm³/mol. The van der Waals surface area contributed by atoms with Crippen molar-refractivity contribution in [2.45, 2.75) is 17.0 Å². The minimum atomic E-state index is -0.298. The summed E-state index contributed by atoms with van der Waals surface area (Å²) in [6.07, 6.45) is 0. The molecule has 0 N–H and O–H groups in total. The number of thiazole rings is 1. The topological polar surface area (TPSA) is 39.2 Å². The molecule has 1 aromatic heterocycles. The number of hydrogen-bond acceptors (Lipinski definition) is 5. The van der Waals surface area contributed by atoms with Crippen molar-refractivity contribution in [2.24, 2.45) is 0 Å². The first-order chi connectivity index (χ1) is 8.70. The highest BCUT2D eigenvalue weighted by Crippen LogP contribution is 2.27. The highest BCUT2D eigenvalue weighted by molar-refractivity contribution is 8.00. The van der Waals surface area contributed by atoms with Crippen molar-refractivity contribution in [2.75, 3.05) is 7.11 Å². The average molecular weight is 278 g/mol. The molecule has 2 aromatic rings. The average Bonchev–Trinajstić information content (AvgIpc) is 2.81. The first-order valence-electron chi connectivity index (χ1n) is 5.35. The van der Waals surface area contributed by atoms with E-state index < -0.39 is 0 Å². The van der Waals surface area contributed by atoms with Crippen LogP contribution in [0.5, 0.6) is 0 Å². The lowest BCUT2D eigenvalue weighted by molar-refractivity contribution is 0.0600. The van der Waals surface area contributed by atoms with Crippen molar-refractivity contribution in [1.82, 2.24) is 4.98 Å². The molecule has 0 bridgehead atoms. The summed E-state index contributed by atoms with van der Waals surface area (Å²) in [4.78, 5) is 15.9. The summed E-state index contributed by atoms with van der Waals surface area (Å²) in [6, 6.07) is 7.47. The fourth-order valence-corrected chi connectivity index (χ4v) is 3.19. The standard InChI is InChI=1S/C13H12NO2S2/c1-9-7-17-13(14-9)18-8-10-5-3-4-6-11(10)12(15)16-2/h3-6H,8H2,1-2H3. The van der Waals surface area contributed by atoms with Crippen LogP contribution in [0.25, 0.3) is 0 Å². The third kappa shape index (κ3) is 3.11. The van der Waals surface area contributed by atoms with Gasteiger partial charge >= 0.3 is 5.97 Å². The van der Waals surface area contributed by atoms with Crippen LogP contribution in [0.2, 0.25) is 0 Å². The van der Waals surface area contributed by atoms with Gasteiger partial charge in [0.05, 0.1) is 23.7 Å². The van der Waals surface area contributed by atoms with Crippen LogP contribution in [0, 0.1) is 12.3 Å². The number of carbonyl (C=O) groups excluding carboxylic acids is 1. The van der Waals surface area contributed by atoms with Gasteiger partial charge in [-0.3, -0.25) is 0 Å². The predicted octanol–water partition coefficient (Wildman–Crippen LogP) is 3.33. The van der Waals surface area contributed by atoms with Crippen LogP contribution in [-0.2, 0) is 10.5 Å². The van der Waals surface area contributed by atoms with Gasteiger partial charge < -0.3 is 4.74 Å². The molecule has 0 amide bonds. The van der Waals surface area contributed by atoms with Gasteiger partial charge in [0.2, 0.25) is 0 Å². The van der Waals surface area contributed by atoms with E-state index in [0.29, 0.717) is 11.3 Å². The van der Waals surface area contributed by atoms with Crippen molar-refractivity contribution in [1.29, 1.82) is 0 Å². The van der Waals surface area contributed by atoms with Crippen LogP contribution in [0.1, 0.15) is 21.6 Å². The van der Waals surface area contributed by atoms with E-state index in [4.69, 9.17) is 4.74 Å². The molecule has 0 saturated heterocycles. The Morgan fingerprint density at radius 1 is 1.50 bits per heavy atom. The van der Waals surface area contributed by atoms with Crippen molar-refractivity contribution >= 4 is 29.1 Å². The number of rotatable bonds is 4. The largest absolute Gasteiger partial charge is 0.465 e. The number of thioether (sulfide) groups is 1. The second-order valence-electron chi connectivity index (χ2n) is 3.60. The fraction of sp³-hybridized carbons (Fsp3) is 0.231. The number of aryl methyl sites for hydroxylation is 1. The summed E-state index contributed by atoms with van der Waals surface area (Å²) in [5, 5.41) is 3.07. The molecule has 18 heavy (non-hydrogen) atoms. The Kier molecular flexibility index (Phi) is 4.38. The number of ether oxygens (including phenoxy) is 1. The SMILES string of the molecule is COC(=O)c1ccccc1CSc1nc(C)[c]s1. The third-order valence-electron chi connectivity index (χ3n) is 2.32. The van der Waals surface area contributed by atoms with Crippen LogP contribution < -0.4 is 0 Å². The number of nitrogens with zero attached hydrogens (tertiary/aromatic N) is 1. The van der Waals surface area contributed by atoms with E-state index in [1.807, 2.05) is 25.1 Å². The summed E-state index contributed by atoms with van der Waals surface area (Å²) in [5.74, 6) is 0.402. The quantitative estimate of drug-likeness (QED) is 0.635. The maximum Gasteiger partial charge on any atom is 0.338 e. The molecule has 2 rings (SSSR count). The van der Waals surface area contributed by atoms with Crippen molar-refractivity contribution < 1.29 is 9.53 Å². The van der Waals surface area contributed by atoms with Gasteiger partial charge in [-0.15, -0.1) is 11.3 Å². The van der Waals surface area contributed by atoms with Gasteiger partial charge in [-0.2, -0.15) is 0 Å². The summed E-state index contributed by atoms with van der Waals surface area (Å²) in [5.41, 5.74) is 2.48. The molecule has 0 aliphatic carbocycles. The summed E-state index contributed by atoms with van der Waals surface area (Å²) >= 11 is 3.10. The van der Waals surface area contributed by atoms with Crippen molar-refractivity contribution in [3.8, 4) is 0 Å². The molecule has 0 fully saturated rings. The summed E-state index contributed by atoms with van der Waals surface area (Å²) in [6.45, 7) is 1.92. The van der Waals surface area contributed by atoms with Crippen LogP contribution >= 0.6 is 23.1 Å².